The summed E-state index contributed by atoms with van der Waals surface area (Å²) in [6, 6.07) is 0. The first-order valence-electron chi connectivity index (χ1n) is 6.72. The van der Waals surface area contributed by atoms with Crippen molar-refractivity contribution < 1.29 is 9.59 Å². The van der Waals surface area contributed by atoms with Gasteiger partial charge in [0, 0.05) is 0 Å². The minimum absolute atomic E-state index is 0.0833. The molecule has 0 aliphatic carbocycles. The molecule has 0 aliphatic rings. The largest absolute Gasteiger partial charge is 0.290 e. The van der Waals surface area contributed by atoms with Crippen LogP contribution >= 0.6 is 0 Å². The fourth-order valence-corrected chi connectivity index (χ4v) is 1.22. The van der Waals surface area contributed by atoms with Crippen LogP contribution in [0.15, 0.2) is 46.6 Å². The maximum atomic E-state index is 10.9. The zero-order chi connectivity index (χ0) is 16.3. The van der Waals surface area contributed by atoms with Crippen molar-refractivity contribution in [3.63, 3.8) is 0 Å². The van der Waals surface area contributed by atoms with Crippen molar-refractivity contribution in [1.82, 2.24) is 0 Å². The molecule has 0 bridgehead atoms. The van der Waals surface area contributed by atoms with Gasteiger partial charge in [-0.05, 0) is 79.7 Å². The number of hydrogen-bond acceptors (Lipinski definition) is 2. The molecule has 0 radical (unpaired) electrons. The molecule has 2 nitrogen and oxygen atoms in total. The van der Waals surface area contributed by atoms with Crippen molar-refractivity contribution in [1.29, 1.82) is 0 Å². The van der Waals surface area contributed by atoms with Gasteiger partial charge in [0.25, 0.3) is 0 Å². The van der Waals surface area contributed by atoms with Crippen LogP contribution in [0.1, 0.15) is 55.4 Å². The van der Waals surface area contributed by atoms with Crippen molar-refractivity contribution in [2.75, 3.05) is 0 Å². The van der Waals surface area contributed by atoms with Gasteiger partial charge < -0.3 is 0 Å². The van der Waals surface area contributed by atoms with Crippen LogP contribution in [-0.2, 0) is 9.59 Å². The van der Waals surface area contributed by atoms with Gasteiger partial charge in [0.05, 0.1) is 0 Å². The monoisotopic (exact) mass is 276 g/mol. The first-order chi connectivity index (χ1) is 9.04. The van der Waals surface area contributed by atoms with Crippen molar-refractivity contribution in [2.24, 2.45) is 0 Å². The molecular formula is C18H28O2. The number of rotatable bonds is 4. The lowest BCUT2D eigenvalue weighted by molar-refractivity contribution is -0.111. The van der Waals surface area contributed by atoms with Crippen LogP contribution in [0.2, 0.25) is 0 Å². The molecule has 0 rings (SSSR count). The molecule has 112 valence electrons. The Hall–Kier alpha value is -1.70. The Labute approximate surface area is 124 Å². The number of carbonyl (C=O) groups is 2. The number of ketones is 2. The molecule has 0 aliphatic heterocycles. The molecule has 0 unspecified atom stereocenters. The van der Waals surface area contributed by atoms with E-state index in [2.05, 4.69) is 0 Å². The van der Waals surface area contributed by atoms with E-state index in [0.29, 0.717) is 0 Å². The molecule has 0 aromatic heterocycles. The normalized spacial score (nSPS) is 8.40. The average molecular weight is 276 g/mol. The molecule has 0 amide bonds. The first kappa shape index (κ1) is 20.6. The predicted octanol–water partition coefficient (Wildman–Crippen LogP) is 4.98. The standard InChI is InChI=1S/2C9H14O/c2*1-7(2)5-9(10)6-8(3)4/h2*5-6H,1-4H3. The zero-order valence-electron chi connectivity index (χ0n) is 14.1. The van der Waals surface area contributed by atoms with E-state index in [1.807, 2.05) is 55.4 Å². The van der Waals surface area contributed by atoms with E-state index in [0.717, 1.165) is 22.3 Å². The molecule has 0 spiro atoms. The smallest absolute Gasteiger partial charge is 0.178 e. The van der Waals surface area contributed by atoms with E-state index < -0.39 is 0 Å². The van der Waals surface area contributed by atoms with Crippen LogP contribution in [0.4, 0.5) is 0 Å². The quantitative estimate of drug-likeness (QED) is 0.679. The summed E-state index contributed by atoms with van der Waals surface area (Å²) in [6.07, 6.45) is 6.53. The molecule has 0 saturated heterocycles. The highest BCUT2D eigenvalue weighted by molar-refractivity contribution is 6.00. The Morgan fingerprint density at radius 2 is 0.600 bits per heavy atom. The van der Waals surface area contributed by atoms with Crippen LogP contribution in [0.5, 0.6) is 0 Å². The molecular weight excluding hydrogens is 248 g/mol. The summed E-state index contributed by atoms with van der Waals surface area (Å²) in [5, 5.41) is 0. The minimum Gasteiger partial charge on any atom is -0.290 e. The van der Waals surface area contributed by atoms with E-state index in [4.69, 9.17) is 0 Å². The number of carbonyl (C=O) groups excluding carboxylic acids is 2. The molecule has 0 N–H and O–H groups in total. The molecule has 2 heteroatoms. The van der Waals surface area contributed by atoms with Gasteiger partial charge in [0.2, 0.25) is 0 Å². The van der Waals surface area contributed by atoms with Gasteiger partial charge in [-0.1, -0.05) is 22.3 Å². The summed E-state index contributed by atoms with van der Waals surface area (Å²) in [7, 11) is 0. The second kappa shape index (κ2) is 11.2. The van der Waals surface area contributed by atoms with Crippen LogP contribution in [0.3, 0.4) is 0 Å². The lowest BCUT2D eigenvalue weighted by Gasteiger charge is -1.87. The number of allylic oxidation sites excluding steroid dienone is 8. The molecule has 0 saturated carbocycles. The molecule has 20 heavy (non-hydrogen) atoms. The van der Waals surface area contributed by atoms with Crippen molar-refractivity contribution in [2.45, 2.75) is 55.4 Å². The third kappa shape index (κ3) is 18.7. The second-order valence-electron chi connectivity index (χ2n) is 5.69. The molecule has 0 fully saturated rings. The van der Waals surface area contributed by atoms with Crippen molar-refractivity contribution in [3.8, 4) is 0 Å². The van der Waals surface area contributed by atoms with E-state index >= 15 is 0 Å². The van der Waals surface area contributed by atoms with E-state index in [1.165, 1.54) is 0 Å². The highest BCUT2D eigenvalue weighted by Gasteiger charge is 1.90. The predicted molar refractivity (Wildman–Crippen MR) is 87.7 cm³/mol. The van der Waals surface area contributed by atoms with Gasteiger partial charge in [-0.15, -0.1) is 0 Å². The Morgan fingerprint density at radius 1 is 0.450 bits per heavy atom. The molecule has 0 aromatic carbocycles. The summed E-state index contributed by atoms with van der Waals surface area (Å²) in [4.78, 5) is 21.8. The molecule has 0 heterocycles. The Bertz CT molecular complexity index is 358. The topological polar surface area (TPSA) is 34.1 Å². The maximum Gasteiger partial charge on any atom is 0.178 e. The Morgan fingerprint density at radius 3 is 0.700 bits per heavy atom. The summed E-state index contributed by atoms with van der Waals surface area (Å²) in [5.41, 5.74) is 4.18. The second-order valence-corrected chi connectivity index (χ2v) is 5.69. The summed E-state index contributed by atoms with van der Waals surface area (Å²) < 4.78 is 0. The van der Waals surface area contributed by atoms with Crippen LogP contribution < -0.4 is 0 Å². The highest BCUT2D eigenvalue weighted by Crippen LogP contribution is 1.95. The first-order valence-corrected chi connectivity index (χ1v) is 6.72. The van der Waals surface area contributed by atoms with Gasteiger partial charge in [0.1, 0.15) is 0 Å². The van der Waals surface area contributed by atoms with Gasteiger partial charge >= 0.3 is 0 Å². The lowest BCUT2D eigenvalue weighted by Crippen LogP contribution is -1.87. The van der Waals surface area contributed by atoms with Gasteiger partial charge in [-0.25, -0.2) is 0 Å². The van der Waals surface area contributed by atoms with E-state index in [-0.39, 0.29) is 11.6 Å². The fraction of sp³-hybridized carbons (Fsp3) is 0.444. The maximum absolute atomic E-state index is 10.9. The van der Waals surface area contributed by atoms with Gasteiger partial charge in [-0.3, -0.25) is 9.59 Å². The van der Waals surface area contributed by atoms with Crippen LogP contribution in [0.25, 0.3) is 0 Å². The summed E-state index contributed by atoms with van der Waals surface area (Å²) in [5.74, 6) is 0.167. The Balaban J connectivity index is 0. The molecule has 0 atom stereocenters. The summed E-state index contributed by atoms with van der Waals surface area (Å²) in [6.45, 7) is 15.3. The van der Waals surface area contributed by atoms with E-state index in [1.54, 1.807) is 24.3 Å². The lowest BCUT2D eigenvalue weighted by atomic mass is 10.2. The SMILES string of the molecule is CC(C)=CC(=O)C=C(C)C.CC(C)=CC(=O)C=C(C)C. The highest BCUT2D eigenvalue weighted by atomic mass is 16.1. The Kier molecular flexibility index (Phi) is 11.5. The van der Waals surface area contributed by atoms with Gasteiger partial charge in [-0.2, -0.15) is 0 Å². The van der Waals surface area contributed by atoms with Gasteiger partial charge in [0.15, 0.2) is 11.6 Å². The van der Waals surface area contributed by atoms with Crippen LogP contribution in [0, 0.1) is 0 Å². The fourth-order valence-electron chi connectivity index (χ4n) is 1.22. The third-order valence-corrected chi connectivity index (χ3v) is 1.72. The van der Waals surface area contributed by atoms with Crippen molar-refractivity contribution in [3.05, 3.63) is 46.6 Å². The zero-order valence-corrected chi connectivity index (χ0v) is 14.1. The van der Waals surface area contributed by atoms with E-state index in [9.17, 15) is 9.59 Å². The average Bonchev–Trinajstić information content (AvgIpc) is 2.11. The van der Waals surface area contributed by atoms with Crippen molar-refractivity contribution >= 4 is 11.6 Å². The molecule has 0 aromatic rings. The summed E-state index contributed by atoms with van der Waals surface area (Å²) >= 11 is 0. The van der Waals surface area contributed by atoms with Crippen LogP contribution in [-0.4, -0.2) is 11.6 Å². The third-order valence-electron chi connectivity index (χ3n) is 1.72. The number of hydrogen-bond donors (Lipinski definition) is 0. The minimum atomic E-state index is 0.0833.